The van der Waals surface area contributed by atoms with E-state index < -0.39 is 0 Å². The Balaban J connectivity index is 1.74. The normalized spacial score (nSPS) is 10.9. The molecule has 2 heterocycles. The van der Waals surface area contributed by atoms with E-state index in [9.17, 15) is 4.79 Å². The number of rotatable bonds is 9. The van der Waals surface area contributed by atoms with Crippen LogP contribution in [0.3, 0.4) is 0 Å². The molecule has 0 atom stereocenters. The van der Waals surface area contributed by atoms with E-state index in [0.717, 1.165) is 45.0 Å². The fourth-order valence-corrected chi connectivity index (χ4v) is 4.16. The van der Waals surface area contributed by atoms with Crippen molar-refractivity contribution in [1.82, 2.24) is 9.55 Å². The summed E-state index contributed by atoms with van der Waals surface area (Å²) in [6, 6.07) is 20.0. The van der Waals surface area contributed by atoms with Crippen molar-refractivity contribution in [3.8, 4) is 11.5 Å². The Hall–Kier alpha value is -4.00. The van der Waals surface area contributed by atoms with Gasteiger partial charge >= 0.3 is 5.97 Å². The topological polar surface area (TPSA) is 65.8 Å². The number of nitrogens with zero attached hydrogens (tertiary/aromatic N) is 3. The molecule has 0 spiro atoms. The Labute approximate surface area is 205 Å². The number of carbonyl (C=O) groups excluding carboxylic acids is 1. The lowest BCUT2D eigenvalue weighted by atomic mass is 10.1. The molecule has 0 amide bonds. The summed E-state index contributed by atoms with van der Waals surface area (Å²) in [5.74, 6) is 2.16. The van der Waals surface area contributed by atoms with Gasteiger partial charge in [-0.1, -0.05) is 24.3 Å². The SMILES string of the molecule is CCOC(=O)c1cc2nc(N(Cc3ccc(OC)cc3)Cc3ccc(OC)cc3)c(C)cc2n1C. The molecule has 0 aliphatic heterocycles. The lowest BCUT2D eigenvalue weighted by Crippen LogP contribution is -2.24. The minimum atomic E-state index is -0.347. The van der Waals surface area contributed by atoms with Crippen molar-refractivity contribution < 1.29 is 19.0 Å². The minimum Gasteiger partial charge on any atom is -0.497 e. The smallest absolute Gasteiger partial charge is 0.355 e. The van der Waals surface area contributed by atoms with Crippen LogP contribution in [0.2, 0.25) is 0 Å². The first-order valence-electron chi connectivity index (χ1n) is 11.6. The first-order valence-corrected chi connectivity index (χ1v) is 11.6. The Morgan fingerprint density at radius 3 is 1.94 bits per heavy atom. The van der Waals surface area contributed by atoms with Crippen molar-refractivity contribution in [3.05, 3.63) is 83.0 Å². The highest BCUT2D eigenvalue weighted by atomic mass is 16.5. The zero-order chi connectivity index (χ0) is 24.9. The maximum Gasteiger partial charge on any atom is 0.355 e. The van der Waals surface area contributed by atoms with Crippen LogP contribution < -0.4 is 14.4 Å². The molecule has 0 saturated carbocycles. The van der Waals surface area contributed by atoms with Crippen molar-refractivity contribution in [3.63, 3.8) is 0 Å². The summed E-state index contributed by atoms with van der Waals surface area (Å²) in [7, 11) is 5.19. The van der Waals surface area contributed by atoms with Crippen LogP contribution in [0.5, 0.6) is 11.5 Å². The number of hydrogen-bond donors (Lipinski definition) is 0. The summed E-state index contributed by atoms with van der Waals surface area (Å²) in [6.07, 6.45) is 0. The van der Waals surface area contributed by atoms with Gasteiger partial charge < -0.3 is 23.7 Å². The van der Waals surface area contributed by atoms with Gasteiger partial charge in [-0.25, -0.2) is 9.78 Å². The number of carbonyl (C=O) groups is 1. The van der Waals surface area contributed by atoms with Gasteiger partial charge in [0.25, 0.3) is 0 Å². The molecule has 0 fully saturated rings. The highest BCUT2D eigenvalue weighted by Gasteiger charge is 2.19. The van der Waals surface area contributed by atoms with E-state index in [1.54, 1.807) is 27.2 Å². The van der Waals surface area contributed by atoms with Gasteiger partial charge in [-0.05, 0) is 66.9 Å². The Bertz CT molecular complexity index is 1260. The van der Waals surface area contributed by atoms with E-state index in [1.807, 2.05) is 42.8 Å². The highest BCUT2D eigenvalue weighted by Crippen LogP contribution is 2.28. The number of pyridine rings is 1. The average molecular weight is 474 g/mol. The second kappa shape index (κ2) is 10.5. The lowest BCUT2D eigenvalue weighted by Gasteiger charge is -2.26. The van der Waals surface area contributed by atoms with Gasteiger partial charge in [0.1, 0.15) is 23.0 Å². The molecule has 0 aliphatic carbocycles. The molecule has 0 saturated heterocycles. The third kappa shape index (κ3) is 5.24. The second-order valence-corrected chi connectivity index (χ2v) is 8.39. The lowest BCUT2D eigenvalue weighted by molar-refractivity contribution is 0.0516. The van der Waals surface area contributed by atoms with Gasteiger partial charge in [-0.2, -0.15) is 0 Å². The van der Waals surface area contributed by atoms with Crippen molar-refractivity contribution in [1.29, 1.82) is 0 Å². The number of benzene rings is 2. The van der Waals surface area contributed by atoms with Crippen LogP contribution in [0.4, 0.5) is 5.82 Å². The average Bonchev–Trinajstić information content (AvgIpc) is 3.19. The number of fused-ring (bicyclic) bond motifs is 1. The summed E-state index contributed by atoms with van der Waals surface area (Å²) in [5, 5.41) is 0. The van der Waals surface area contributed by atoms with E-state index in [0.29, 0.717) is 25.4 Å². The predicted molar refractivity (Wildman–Crippen MR) is 137 cm³/mol. The molecule has 4 rings (SSSR count). The molecule has 7 nitrogen and oxygen atoms in total. The van der Waals surface area contributed by atoms with Crippen molar-refractivity contribution in [2.75, 3.05) is 25.7 Å². The van der Waals surface area contributed by atoms with E-state index in [2.05, 4.69) is 35.2 Å². The second-order valence-electron chi connectivity index (χ2n) is 8.39. The third-order valence-electron chi connectivity index (χ3n) is 6.04. The molecule has 0 unspecified atom stereocenters. The summed E-state index contributed by atoms with van der Waals surface area (Å²) in [5.41, 5.74) is 5.44. The van der Waals surface area contributed by atoms with Crippen molar-refractivity contribution in [2.45, 2.75) is 26.9 Å². The van der Waals surface area contributed by atoms with E-state index in [-0.39, 0.29) is 5.97 Å². The summed E-state index contributed by atoms with van der Waals surface area (Å²) >= 11 is 0. The van der Waals surface area contributed by atoms with E-state index >= 15 is 0 Å². The summed E-state index contributed by atoms with van der Waals surface area (Å²) in [6.45, 7) is 5.50. The molecule has 0 radical (unpaired) electrons. The van der Waals surface area contributed by atoms with Crippen LogP contribution in [0, 0.1) is 6.92 Å². The molecular formula is C28H31N3O4. The molecule has 7 heteroatoms. The number of aryl methyl sites for hydroxylation is 2. The van der Waals surface area contributed by atoms with Crippen LogP contribution in [0.25, 0.3) is 11.0 Å². The molecule has 2 aromatic carbocycles. The Morgan fingerprint density at radius 1 is 0.914 bits per heavy atom. The van der Waals surface area contributed by atoms with Crippen molar-refractivity contribution >= 4 is 22.8 Å². The zero-order valence-electron chi connectivity index (χ0n) is 20.9. The number of ether oxygens (including phenoxy) is 3. The van der Waals surface area contributed by atoms with Crippen LogP contribution in [-0.4, -0.2) is 36.3 Å². The van der Waals surface area contributed by atoms with Crippen LogP contribution in [0.15, 0.2) is 60.7 Å². The quantitative estimate of drug-likeness (QED) is 0.308. The molecule has 0 bridgehead atoms. The minimum absolute atomic E-state index is 0.329. The summed E-state index contributed by atoms with van der Waals surface area (Å²) < 4.78 is 17.7. The monoisotopic (exact) mass is 473 g/mol. The zero-order valence-corrected chi connectivity index (χ0v) is 20.9. The fraction of sp³-hybridized carbons (Fsp3) is 0.286. The molecular weight excluding hydrogens is 442 g/mol. The molecule has 0 aliphatic rings. The van der Waals surface area contributed by atoms with Gasteiger partial charge in [0.05, 0.1) is 31.9 Å². The predicted octanol–water partition coefficient (Wildman–Crippen LogP) is 5.28. The van der Waals surface area contributed by atoms with E-state index in [1.165, 1.54) is 0 Å². The van der Waals surface area contributed by atoms with E-state index in [4.69, 9.17) is 19.2 Å². The van der Waals surface area contributed by atoms with Crippen LogP contribution >= 0.6 is 0 Å². The van der Waals surface area contributed by atoms with Crippen LogP contribution in [-0.2, 0) is 24.9 Å². The first kappa shape index (κ1) is 24.1. The summed E-state index contributed by atoms with van der Waals surface area (Å²) in [4.78, 5) is 19.7. The van der Waals surface area contributed by atoms with Crippen molar-refractivity contribution in [2.24, 2.45) is 7.05 Å². The maximum atomic E-state index is 12.4. The highest BCUT2D eigenvalue weighted by molar-refractivity contribution is 5.95. The number of methoxy groups -OCH3 is 2. The number of esters is 1. The van der Waals surface area contributed by atoms with Crippen LogP contribution in [0.1, 0.15) is 34.1 Å². The first-order chi connectivity index (χ1) is 16.9. The van der Waals surface area contributed by atoms with Gasteiger partial charge in [0.2, 0.25) is 0 Å². The molecule has 182 valence electrons. The van der Waals surface area contributed by atoms with Gasteiger partial charge in [0.15, 0.2) is 0 Å². The largest absolute Gasteiger partial charge is 0.497 e. The van der Waals surface area contributed by atoms with Gasteiger partial charge in [0, 0.05) is 20.1 Å². The molecule has 0 N–H and O–H groups in total. The Kier molecular flexibility index (Phi) is 7.25. The fourth-order valence-electron chi connectivity index (χ4n) is 4.16. The molecule has 2 aromatic heterocycles. The number of aromatic nitrogens is 2. The van der Waals surface area contributed by atoms with Gasteiger partial charge in [-0.15, -0.1) is 0 Å². The number of hydrogen-bond acceptors (Lipinski definition) is 6. The van der Waals surface area contributed by atoms with Gasteiger partial charge in [-0.3, -0.25) is 0 Å². The Morgan fingerprint density at radius 2 is 1.46 bits per heavy atom. The molecule has 4 aromatic rings. The standard InChI is InChI=1S/C28H31N3O4/c1-6-35-28(32)26-16-24-25(30(26)3)15-19(2)27(29-24)31(17-20-7-11-22(33-4)12-8-20)18-21-9-13-23(34-5)14-10-21/h7-16H,6,17-18H2,1-5H3. The maximum absolute atomic E-state index is 12.4. The third-order valence-corrected chi connectivity index (χ3v) is 6.04. The number of anilines is 1. The molecule has 35 heavy (non-hydrogen) atoms.